The van der Waals surface area contributed by atoms with Gasteiger partial charge in [-0.15, -0.1) is 0 Å². The van der Waals surface area contributed by atoms with Crippen LogP contribution in [0.4, 0.5) is 5.69 Å². The zero-order valence-corrected chi connectivity index (χ0v) is 38.5. The molecule has 1 atom stereocenters. The first-order valence-electron chi connectivity index (χ1n) is 23.9. The number of primary amides is 1. The summed E-state index contributed by atoms with van der Waals surface area (Å²) in [5.74, 6) is -1.71. The van der Waals surface area contributed by atoms with E-state index in [2.05, 4.69) is 22.9 Å². The molecule has 0 saturated heterocycles. The highest BCUT2D eigenvalue weighted by Crippen LogP contribution is 2.15. The molecule has 1 aromatic rings. The van der Waals surface area contributed by atoms with Crippen molar-refractivity contribution >= 4 is 40.9 Å². The molecule has 6 N–H and O–H groups in total. The minimum atomic E-state index is -0.840. The Labute approximate surface area is 377 Å². The van der Waals surface area contributed by atoms with Gasteiger partial charge >= 0.3 is 5.97 Å². The average molecular weight is 891 g/mol. The predicted octanol–water partition coefficient (Wildman–Crippen LogP) is 7.47. The molecule has 1 aromatic carbocycles. The van der Waals surface area contributed by atoms with Crippen LogP contribution in [0.15, 0.2) is 24.3 Å². The van der Waals surface area contributed by atoms with Gasteiger partial charge in [-0.3, -0.25) is 28.8 Å². The zero-order chi connectivity index (χ0) is 46.0. The SMILES string of the molecule is CCCNc1ccc(C(=O)NCCCC[C@H](NC(=O)COCCOCCCC(=O)COCCOCCCC(=O)CCCCCCCCCCCCCCCCC(=O)O)C(N)=O)cc1. The van der Waals surface area contributed by atoms with E-state index in [9.17, 15) is 28.8 Å². The van der Waals surface area contributed by atoms with Crippen LogP contribution in [-0.4, -0.2) is 112 Å². The molecule has 360 valence electrons. The van der Waals surface area contributed by atoms with Gasteiger partial charge in [0.15, 0.2) is 5.78 Å². The molecule has 0 fully saturated rings. The lowest BCUT2D eigenvalue weighted by molar-refractivity contribution is -0.137. The molecule has 0 aliphatic heterocycles. The largest absolute Gasteiger partial charge is 0.481 e. The number of nitrogens with one attached hydrogen (secondary N) is 3. The van der Waals surface area contributed by atoms with Gasteiger partial charge in [0.25, 0.3) is 5.91 Å². The number of ether oxygens (including phenoxy) is 4. The van der Waals surface area contributed by atoms with Crippen molar-refractivity contribution in [2.75, 3.05) is 71.3 Å². The molecule has 1 rings (SSSR count). The Morgan fingerprint density at radius 3 is 1.59 bits per heavy atom. The molecule has 0 aromatic heterocycles. The maximum absolute atomic E-state index is 12.4. The number of amides is 3. The monoisotopic (exact) mass is 891 g/mol. The van der Waals surface area contributed by atoms with E-state index in [1.807, 2.05) is 12.1 Å². The molecule has 15 nitrogen and oxygen atoms in total. The van der Waals surface area contributed by atoms with Gasteiger partial charge in [-0.2, -0.15) is 0 Å². The number of carboxylic acid groups (broad SMARTS) is 1. The number of hydrogen-bond acceptors (Lipinski definition) is 11. The van der Waals surface area contributed by atoms with Crippen LogP contribution in [0.1, 0.15) is 171 Å². The molecule has 0 saturated carbocycles. The maximum Gasteiger partial charge on any atom is 0.303 e. The number of carbonyl (C=O) groups excluding carboxylic acids is 5. The standard InChI is InChI=1S/C48H82N4O11/c1-2-30-50-41-28-26-40(27-29-41)48(59)51-31-18-17-24-44(47(49)58)52-45(55)39-63-37-35-61-33-20-23-43(54)38-62-36-34-60-32-19-22-42(53)21-15-13-11-9-7-5-3-4-6-8-10-12-14-16-25-46(56)57/h26-29,44,50H,2-25,30-39H2,1H3,(H2,49,58)(H,51,59)(H,52,55)(H,56,57)/t44-/m0/s1. The summed E-state index contributed by atoms with van der Waals surface area (Å²) in [7, 11) is 0. The third-order valence-corrected chi connectivity index (χ3v) is 10.4. The molecule has 3 amide bonds. The van der Waals surface area contributed by atoms with E-state index in [0.717, 1.165) is 50.8 Å². The minimum Gasteiger partial charge on any atom is -0.481 e. The van der Waals surface area contributed by atoms with E-state index in [1.165, 1.54) is 57.8 Å². The van der Waals surface area contributed by atoms with Crippen LogP contribution >= 0.6 is 0 Å². The summed E-state index contributed by atoms with van der Waals surface area (Å²) in [4.78, 5) is 71.3. The summed E-state index contributed by atoms with van der Waals surface area (Å²) in [6.45, 7) is 5.09. The van der Waals surface area contributed by atoms with E-state index in [4.69, 9.17) is 29.8 Å². The number of ketones is 2. The molecular formula is C48H82N4O11. The molecule has 0 aliphatic rings. The average Bonchev–Trinajstić information content (AvgIpc) is 3.26. The van der Waals surface area contributed by atoms with Gasteiger partial charge in [0.05, 0.1) is 26.4 Å². The van der Waals surface area contributed by atoms with E-state index < -0.39 is 23.8 Å². The number of anilines is 1. The van der Waals surface area contributed by atoms with Crippen molar-refractivity contribution in [1.29, 1.82) is 0 Å². The molecule has 0 heterocycles. The number of carboxylic acids is 1. The number of rotatable bonds is 46. The second kappa shape index (κ2) is 40.8. The number of Topliss-reactive ketones (excluding diaryl/α,β-unsaturated/α-hetero) is 2. The quantitative estimate of drug-likeness (QED) is 0.0403. The van der Waals surface area contributed by atoms with E-state index in [0.29, 0.717) is 102 Å². The normalized spacial score (nSPS) is 11.6. The molecular weight excluding hydrogens is 809 g/mol. The van der Waals surface area contributed by atoms with Gasteiger partial charge < -0.3 is 45.7 Å². The fourth-order valence-electron chi connectivity index (χ4n) is 6.76. The molecule has 0 radical (unpaired) electrons. The number of hydrogen-bond donors (Lipinski definition) is 5. The highest BCUT2D eigenvalue weighted by molar-refractivity contribution is 5.94. The Balaban J connectivity index is 1.88. The number of unbranched alkanes of at least 4 members (excludes halogenated alkanes) is 14. The van der Waals surface area contributed by atoms with Gasteiger partial charge in [0.1, 0.15) is 25.0 Å². The summed E-state index contributed by atoms with van der Waals surface area (Å²) in [5.41, 5.74) is 7.01. The van der Waals surface area contributed by atoms with Crippen molar-refractivity contribution in [2.45, 2.75) is 167 Å². The lowest BCUT2D eigenvalue weighted by Crippen LogP contribution is -2.45. The smallest absolute Gasteiger partial charge is 0.303 e. The first-order valence-corrected chi connectivity index (χ1v) is 23.9. The van der Waals surface area contributed by atoms with E-state index >= 15 is 0 Å². The van der Waals surface area contributed by atoms with Crippen LogP contribution in [0, 0.1) is 0 Å². The Morgan fingerprint density at radius 1 is 0.556 bits per heavy atom. The number of carbonyl (C=O) groups is 6. The maximum atomic E-state index is 12.4. The zero-order valence-electron chi connectivity index (χ0n) is 38.5. The molecule has 63 heavy (non-hydrogen) atoms. The van der Waals surface area contributed by atoms with Crippen molar-refractivity contribution in [3.63, 3.8) is 0 Å². The lowest BCUT2D eigenvalue weighted by atomic mass is 10.0. The third kappa shape index (κ3) is 36.2. The van der Waals surface area contributed by atoms with Gasteiger partial charge in [-0.25, -0.2) is 0 Å². The summed E-state index contributed by atoms with van der Waals surface area (Å²) in [6.07, 6.45) is 21.9. The van der Waals surface area contributed by atoms with Crippen LogP contribution in [0.5, 0.6) is 0 Å². The number of nitrogens with two attached hydrogens (primary N) is 1. The fraction of sp³-hybridized carbons (Fsp3) is 0.750. The minimum absolute atomic E-state index is 0.00923. The van der Waals surface area contributed by atoms with Gasteiger partial charge in [-0.05, 0) is 75.6 Å². The number of benzene rings is 1. The first-order chi connectivity index (χ1) is 30.6. The molecule has 0 aliphatic carbocycles. The van der Waals surface area contributed by atoms with Crippen LogP contribution in [0.25, 0.3) is 0 Å². The fourth-order valence-corrected chi connectivity index (χ4v) is 6.76. The molecule has 0 bridgehead atoms. The molecule has 0 unspecified atom stereocenters. The lowest BCUT2D eigenvalue weighted by Gasteiger charge is -2.15. The van der Waals surface area contributed by atoms with Gasteiger partial charge in [-0.1, -0.05) is 84.0 Å². The van der Waals surface area contributed by atoms with Crippen LogP contribution < -0.4 is 21.7 Å². The molecule has 0 spiro atoms. The van der Waals surface area contributed by atoms with Gasteiger partial charge in [0, 0.05) is 63.2 Å². The van der Waals surface area contributed by atoms with Crippen molar-refractivity contribution in [1.82, 2.24) is 10.6 Å². The summed E-state index contributed by atoms with van der Waals surface area (Å²) in [5, 5.41) is 17.4. The Bertz CT molecular complexity index is 1360. The van der Waals surface area contributed by atoms with Crippen molar-refractivity contribution < 1.29 is 52.8 Å². The summed E-state index contributed by atoms with van der Waals surface area (Å²) < 4.78 is 21.8. The van der Waals surface area contributed by atoms with Crippen molar-refractivity contribution in [3.8, 4) is 0 Å². The van der Waals surface area contributed by atoms with Gasteiger partial charge in [0.2, 0.25) is 11.8 Å². The second-order valence-electron chi connectivity index (χ2n) is 16.2. The topological polar surface area (TPSA) is 222 Å². The van der Waals surface area contributed by atoms with Crippen LogP contribution in [0.2, 0.25) is 0 Å². The first kappa shape index (κ1) is 57.1. The van der Waals surface area contributed by atoms with Crippen molar-refractivity contribution in [3.05, 3.63) is 29.8 Å². The highest BCUT2D eigenvalue weighted by atomic mass is 16.5. The number of aliphatic carboxylic acids is 1. The predicted molar refractivity (Wildman–Crippen MR) is 246 cm³/mol. The van der Waals surface area contributed by atoms with Crippen LogP contribution in [-0.2, 0) is 42.9 Å². The Morgan fingerprint density at radius 2 is 1.05 bits per heavy atom. The Hall–Kier alpha value is -3.92. The van der Waals surface area contributed by atoms with Crippen LogP contribution in [0.3, 0.4) is 0 Å². The van der Waals surface area contributed by atoms with E-state index in [-0.39, 0.29) is 38.1 Å². The highest BCUT2D eigenvalue weighted by Gasteiger charge is 2.18. The summed E-state index contributed by atoms with van der Waals surface area (Å²) >= 11 is 0. The van der Waals surface area contributed by atoms with E-state index in [1.54, 1.807) is 12.1 Å². The third-order valence-electron chi connectivity index (χ3n) is 10.4. The Kier molecular flexibility index (Phi) is 37.0. The van der Waals surface area contributed by atoms with Crippen molar-refractivity contribution in [2.24, 2.45) is 5.73 Å². The molecule has 15 heteroatoms. The summed E-state index contributed by atoms with van der Waals surface area (Å²) in [6, 6.07) is 6.44. The second-order valence-corrected chi connectivity index (χ2v) is 16.2.